The first-order valence-electron chi connectivity index (χ1n) is 10.1. The predicted molar refractivity (Wildman–Crippen MR) is 121 cm³/mol. The number of amides is 3. The molecule has 9 nitrogen and oxygen atoms in total. The number of fused-ring (bicyclic) bond motifs is 4. The monoisotopic (exact) mass is 470 g/mol. The van der Waals surface area contributed by atoms with E-state index in [0.717, 1.165) is 23.6 Å². The molecular weight excluding hydrogens is 452 g/mol. The molecular formula is C21H19ClN6O3S. The average Bonchev–Trinajstić information content (AvgIpc) is 3.23. The third kappa shape index (κ3) is 3.87. The maximum Gasteiger partial charge on any atom is 0.324 e. The Morgan fingerprint density at radius 1 is 1.06 bits per heavy atom. The molecule has 2 bridgehead atoms. The molecule has 1 fully saturated rings. The number of carbonyl (C=O) groups excluding carboxylic acids is 2. The standard InChI is InChI=1S/C21H19ClN6O3S/c22-14-4-1-2-5-15(14)23-21(31)24-19-18(25-26-32-19)20(30)27-9-12-8-13(11-27)16-6-3-7-17(29)28(16)10-12/h1-7,12-13H,8-11H2,(H2,23,24,31)/t12-,13+/m0/s1. The molecule has 11 heteroatoms. The Labute approximate surface area is 192 Å². The van der Waals surface area contributed by atoms with Crippen molar-refractivity contribution >= 4 is 45.8 Å². The molecule has 2 atom stereocenters. The van der Waals surface area contributed by atoms with Crippen LogP contribution in [0.5, 0.6) is 0 Å². The van der Waals surface area contributed by atoms with Gasteiger partial charge in [-0.25, -0.2) is 4.79 Å². The Balaban J connectivity index is 1.31. The highest BCUT2D eigenvalue weighted by Crippen LogP contribution is 2.36. The maximum atomic E-state index is 13.3. The van der Waals surface area contributed by atoms with E-state index in [0.29, 0.717) is 30.3 Å². The summed E-state index contributed by atoms with van der Waals surface area (Å²) < 4.78 is 5.68. The molecule has 164 valence electrons. The van der Waals surface area contributed by atoms with Gasteiger partial charge in [-0.05, 0) is 30.5 Å². The second-order valence-corrected chi connectivity index (χ2v) is 9.08. The lowest BCUT2D eigenvalue weighted by molar-refractivity contribution is 0.0590. The second kappa shape index (κ2) is 8.36. The SMILES string of the molecule is O=C(Nc1ccccc1Cl)Nc1snnc1C(=O)N1C[C@@H]2C[C@H](C1)c1cccc(=O)n1C2. The van der Waals surface area contributed by atoms with E-state index in [2.05, 4.69) is 20.2 Å². The minimum absolute atomic E-state index is 0.00306. The average molecular weight is 471 g/mol. The van der Waals surface area contributed by atoms with Gasteiger partial charge >= 0.3 is 6.03 Å². The molecule has 4 heterocycles. The maximum absolute atomic E-state index is 13.3. The molecule has 0 saturated carbocycles. The molecule has 5 rings (SSSR count). The molecule has 1 saturated heterocycles. The summed E-state index contributed by atoms with van der Waals surface area (Å²) in [6.07, 6.45) is 0.938. The van der Waals surface area contributed by atoms with Crippen LogP contribution in [0.25, 0.3) is 0 Å². The fourth-order valence-electron chi connectivity index (χ4n) is 4.44. The van der Waals surface area contributed by atoms with Crippen molar-refractivity contribution in [3.8, 4) is 0 Å². The highest BCUT2D eigenvalue weighted by Gasteiger charge is 2.37. The lowest BCUT2D eigenvalue weighted by Gasteiger charge is -2.42. The van der Waals surface area contributed by atoms with Crippen LogP contribution in [0.1, 0.15) is 28.5 Å². The summed E-state index contributed by atoms with van der Waals surface area (Å²) in [6.45, 7) is 1.61. The molecule has 3 amide bonds. The minimum Gasteiger partial charge on any atom is -0.336 e. The Hall–Kier alpha value is -3.24. The smallest absolute Gasteiger partial charge is 0.324 e. The molecule has 0 spiro atoms. The molecule has 2 aliphatic heterocycles. The predicted octanol–water partition coefficient (Wildman–Crippen LogP) is 3.26. The number of likely N-dealkylation sites (tertiary alicyclic amines) is 1. The van der Waals surface area contributed by atoms with Crippen LogP contribution in [-0.4, -0.2) is 44.1 Å². The number of nitrogens with zero attached hydrogens (tertiary/aromatic N) is 4. The molecule has 0 radical (unpaired) electrons. The van der Waals surface area contributed by atoms with E-state index in [1.54, 1.807) is 41.3 Å². The second-order valence-electron chi connectivity index (χ2n) is 7.92. The lowest BCUT2D eigenvalue weighted by atomic mass is 9.83. The number of anilines is 2. The number of hydrogen-bond acceptors (Lipinski definition) is 6. The van der Waals surface area contributed by atoms with Crippen LogP contribution in [0, 0.1) is 5.92 Å². The van der Waals surface area contributed by atoms with Crippen molar-refractivity contribution in [2.24, 2.45) is 5.92 Å². The van der Waals surface area contributed by atoms with Gasteiger partial charge in [-0.3, -0.25) is 14.9 Å². The van der Waals surface area contributed by atoms with Gasteiger partial charge in [0, 0.05) is 48.8 Å². The normalized spacial score (nSPS) is 19.2. The lowest BCUT2D eigenvalue weighted by Crippen LogP contribution is -2.49. The van der Waals surface area contributed by atoms with E-state index in [9.17, 15) is 14.4 Å². The van der Waals surface area contributed by atoms with Crippen molar-refractivity contribution in [1.29, 1.82) is 0 Å². The van der Waals surface area contributed by atoms with Crippen LogP contribution >= 0.6 is 23.1 Å². The minimum atomic E-state index is -0.540. The molecule has 0 unspecified atom stereocenters. The zero-order valence-electron chi connectivity index (χ0n) is 16.8. The molecule has 0 aliphatic carbocycles. The van der Waals surface area contributed by atoms with E-state index in [1.165, 1.54) is 0 Å². The van der Waals surface area contributed by atoms with Crippen LogP contribution in [0.4, 0.5) is 15.5 Å². The molecule has 2 N–H and O–H groups in total. The summed E-state index contributed by atoms with van der Waals surface area (Å²) in [5, 5.41) is 9.95. The fraction of sp³-hybridized carbons (Fsp3) is 0.286. The van der Waals surface area contributed by atoms with Crippen molar-refractivity contribution in [3.63, 3.8) is 0 Å². The molecule has 32 heavy (non-hydrogen) atoms. The third-order valence-corrected chi connectivity index (χ3v) is 6.78. The van der Waals surface area contributed by atoms with Gasteiger partial charge in [0.25, 0.3) is 11.5 Å². The first kappa shape index (κ1) is 20.7. The van der Waals surface area contributed by atoms with Gasteiger partial charge in [0.2, 0.25) is 0 Å². The number of urea groups is 1. The summed E-state index contributed by atoms with van der Waals surface area (Å²) in [7, 11) is 0. The summed E-state index contributed by atoms with van der Waals surface area (Å²) in [4.78, 5) is 39.6. The number of hydrogen-bond donors (Lipinski definition) is 2. The topological polar surface area (TPSA) is 109 Å². The van der Waals surface area contributed by atoms with Gasteiger partial charge in [-0.15, -0.1) is 5.10 Å². The summed E-state index contributed by atoms with van der Waals surface area (Å²) in [5.74, 6) is -0.00285. The first-order chi connectivity index (χ1) is 15.5. The van der Waals surface area contributed by atoms with Crippen molar-refractivity contribution in [1.82, 2.24) is 19.1 Å². The van der Waals surface area contributed by atoms with Gasteiger partial charge in [0.05, 0.1) is 10.7 Å². The van der Waals surface area contributed by atoms with Crippen molar-refractivity contribution in [2.75, 3.05) is 23.7 Å². The number of pyridine rings is 1. The highest BCUT2D eigenvalue weighted by molar-refractivity contribution is 7.10. The molecule has 3 aromatic rings. The number of benzene rings is 1. The van der Waals surface area contributed by atoms with Crippen LogP contribution in [0.15, 0.2) is 47.3 Å². The quantitative estimate of drug-likeness (QED) is 0.610. The van der Waals surface area contributed by atoms with Crippen LogP contribution < -0.4 is 16.2 Å². The van der Waals surface area contributed by atoms with Crippen LogP contribution in [0.2, 0.25) is 5.02 Å². The van der Waals surface area contributed by atoms with Crippen molar-refractivity contribution in [2.45, 2.75) is 18.9 Å². The van der Waals surface area contributed by atoms with Crippen molar-refractivity contribution in [3.05, 3.63) is 69.2 Å². The highest BCUT2D eigenvalue weighted by atomic mass is 35.5. The number of rotatable bonds is 3. The fourth-order valence-corrected chi connectivity index (χ4v) is 5.18. The van der Waals surface area contributed by atoms with E-state index in [4.69, 9.17) is 11.6 Å². The van der Waals surface area contributed by atoms with Crippen LogP contribution in [-0.2, 0) is 6.54 Å². The molecule has 2 aromatic heterocycles. The van der Waals surface area contributed by atoms with E-state index in [1.807, 2.05) is 10.6 Å². The van der Waals surface area contributed by atoms with Gasteiger partial charge in [0.1, 0.15) is 0 Å². The Morgan fingerprint density at radius 2 is 1.91 bits per heavy atom. The largest absolute Gasteiger partial charge is 0.336 e. The number of carbonyl (C=O) groups is 2. The van der Waals surface area contributed by atoms with Crippen molar-refractivity contribution < 1.29 is 9.59 Å². The Bertz CT molecular complexity index is 1260. The summed E-state index contributed by atoms with van der Waals surface area (Å²) >= 11 is 7.02. The van der Waals surface area contributed by atoms with Gasteiger partial charge in [-0.1, -0.05) is 34.3 Å². The zero-order chi connectivity index (χ0) is 22.2. The number of nitrogens with one attached hydrogen (secondary N) is 2. The molecule has 2 aliphatic rings. The van der Waals surface area contributed by atoms with Gasteiger partial charge < -0.3 is 14.8 Å². The number of halogens is 1. The first-order valence-corrected chi connectivity index (χ1v) is 11.3. The van der Waals surface area contributed by atoms with Crippen LogP contribution in [0.3, 0.4) is 0 Å². The van der Waals surface area contributed by atoms with E-state index >= 15 is 0 Å². The van der Waals surface area contributed by atoms with Gasteiger partial charge in [0.15, 0.2) is 10.7 Å². The number of piperidine rings is 1. The Morgan fingerprint density at radius 3 is 2.75 bits per heavy atom. The third-order valence-electron chi connectivity index (χ3n) is 5.81. The number of aromatic nitrogens is 3. The summed E-state index contributed by atoms with van der Waals surface area (Å²) in [5.41, 5.74) is 1.52. The summed E-state index contributed by atoms with van der Waals surface area (Å²) in [6, 6.07) is 11.6. The van der Waals surface area contributed by atoms with E-state index in [-0.39, 0.29) is 34.0 Å². The Kier molecular flexibility index (Phi) is 5.40. The van der Waals surface area contributed by atoms with E-state index < -0.39 is 6.03 Å². The number of para-hydroxylation sites is 1. The zero-order valence-corrected chi connectivity index (χ0v) is 18.4. The molecule has 1 aromatic carbocycles. The van der Waals surface area contributed by atoms with Gasteiger partial charge in [-0.2, -0.15) is 0 Å².